The summed E-state index contributed by atoms with van der Waals surface area (Å²) in [6.07, 6.45) is 1.80. The number of hydrogen-bond donors (Lipinski definition) is 1. The first-order valence-electron chi connectivity index (χ1n) is 9.81. The Morgan fingerprint density at radius 2 is 1.93 bits per heavy atom. The second-order valence-electron chi connectivity index (χ2n) is 7.34. The molecule has 4 rings (SSSR count). The maximum Gasteiger partial charge on any atom is 0.218 e. The summed E-state index contributed by atoms with van der Waals surface area (Å²) >= 11 is 0. The number of hydrogen-bond acceptors (Lipinski definition) is 6. The van der Waals surface area contributed by atoms with Gasteiger partial charge in [0.1, 0.15) is 16.7 Å². The van der Waals surface area contributed by atoms with Gasteiger partial charge in [-0.15, -0.1) is 0 Å². The molecule has 0 spiro atoms. The molecule has 2 aliphatic rings. The topological polar surface area (TPSA) is 77.1 Å². The molecule has 8 heteroatoms. The standard InChI is InChI=1S/C21H26N2O5S/c1-23-21(16-7-5-10-18(13-16)28-17-8-3-2-4-9-17)20(15-27-23)29(24,25)22-14-19-11-6-12-26-19/h2-5,7-10,13,19-22H,6,11-12,14-15H2,1H3. The fourth-order valence-corrected chi connectivity index (χ4v) is 5.33. The number of hydroxylamine groups is 2. The SMILES string of the molecule is CN1OCC(S(=O)(=O)NCC2CCCO2)C1c1cccc(Oc2ccccc2)c1. The summed E-state index contributed by atoms with van der Waals surface area (Å²) in [5.41, 5.74) is 0.825. The highest BCUT2D eigenvalue weighted by atomic mass is 32.2. The Kier molecular flexibility index (Phi) is 6.17. The van der Waals surface area contributed by atoms with Gasteiger partial charge in [0.2, 0.25) is 10.0 Å². The summed E-state index contributed by atoms with van der Waals surface area (Å²) in [6, 6.07) is 16.5. The molecule has 0 bridgehead atoms. The number of sulfonamides is 1. The van der Waals surface area contributed by atoms with E-state index in [0.29, 0.717) is 18.9 Å². The molecule has 0 aliphatic carbocycles. The lowest BCUT2D eigenvalue weighted by molar-refractivity contribution is -0.110. The summed E-state index contributed by atoms with van der Waals surface area (Å²) in [6.45, 7) is 1.09. The highest BCUT2D eigenvalue weighted by Gasteiger charge is 2.43. The molecule has 0 saturated carbocycles. The monoisotopic (exact) mass is 418 g/mol. The number of nitrogens with zero attached hydrogens (tertiary/aromatic N) is 1. The number of nitrogens with one attached hydrogen (secondary N) is 1. The summed E-state index contributed by atoms with van der Waals surface area (Å²) in [4.78, 5) is 5.59. The maximum absolute atomic E-state index is 13.0. The lowest BCUT2D eigenvalue weighted by Gasteiger charge is -2.24. The van der Waals surface area contributed by atoms with Gasteiger partial charge in [0.05, 0.1) is 18.8 Å². The fourth-order valence-electron chi connectivity index (χ4n) is 3.79. The van der Waals surface area contributed by atoms with Crippen molar-refractivity contribution in [1.29, 1.82) is 0 Å². The summed E-state index contributed by atoms with van der Waals surface area (Å²) in [5, 5.41) is 0.887. The van der Waals surface area contributed by atoms with Gasteiger partial charge in [0.15, 0.2) is 0 Å². The molecule has 0 amide bonds. The van der Waals surface area contributed by atoms with Gasteiger partial charge in [0, 0.05) is 20.2 Å². The predicted molar refractivity (Wildman–Crippen MR) is 109 cm³/mol. The Morgan fingerprint density at radius 1 is 1.14 bits per heavy atom. The second kappa shape index (κ2) is 8.81. The molecule has 1 N–H and O–H groups in total. The van der Waals surface area contributed by atoms with Crippen molar-refractivity contribution in [3.8, 4) is 11.5 Å². The van der Waals surface area contributed by atoms with Gasteiger partial charge in [-0.3, -0.25) is 4.84 Å². The normalized spacial score (nSPS) is 25.3. The van der Waals surface area contributed by atoms with Crippen LogP contribution in [-0.4, -0.2) is 51.6 Å². The van der Waals surface area contributed by atoms with Crippen LogP contribution in [0.4, 0.5) is 0 Å². The van der Waals surface area contributed by atoms with Gasteiger partial charge < -0.3 is 9.47 Å². The van der Waals surface area contributed by atoms with E-state index in [1.165, 1.54) is 0 Å². The Balaban J connectivity index is 1.51. The fraction of sp³-hybridized carbons (Fsp3) is 0.429. The van der Waals surface area contributed by atoms with E-state index in [1.54, 1.807) is 12.1 Å². The van der Waals surface area contributed by atoms with E-state index in [0.717, 1.165) is 24.2 Å². The van der Waals surface area contributed by atoms with Crippen molar-refractivity contribution in [3.63, 3.8) is 0 Å². The highest BCUT2D eigenvalue weighted by molar-refractivity contribution is 7.90. The molecular formula is C21H26N2O5S. The van der Waals surface area contributed by atoms with E-state index in [2.05, 4.69) is 4.72 Å². The minimum Gasteiger partial charge on any atom is -0.457 e. The Morgan fingerprint density at radius 3 is 2.69 bits per heavy atom. The number of rotatable bonds is 7. The molecule has 2 aromatic carbocycles. The molecule has 2 saturated heterocycles. The highest BCUT2D eigenvalue weighted by Crippen LogP contribution is 2.35. The molecule has 2 heterocycles. The third-order valence-electron chi connectivity index (χ3n) is 5.30. The van der Waals surface area contributed by atoms with Crippen LogP contribution in [0.15, 0.2) is 54.6 Å². The minimum atomic E-state index is -3.59. The van der Waals surface area contributed by atoms with Crippen molar-refractivity contribution < 1.29 is 22.7 Å². The molecule has 3 atom stereocenters. The predicted octanol–water partition coefficient (Wildman–Crippen LogP) is 2.86. The average molecular weight is 419 g/mol. The average Bonchev–Trinajstić information content (AvgIpc) is 3.37. The quantitative estimate of drug-likeness (QED) is 0.745. The van der Waals surface area contributed by atoms with E-state index in [4.69, 9.17) is 14.3 Å². The molecule has 3 unspecified atom stereocenters. The number of benzene rings is 2. The van der Waals surface area contributed by atoms with Gasteiger partial charge in [-0.2, -0.15) is 5.06 Å². The third kappa shape index (κ3) is 4.79. The van der Waals surface area contributed by atoms with Gasteiger partial charge in [-0.25, -0.2) is 13.1 Å². The molecule has 2 aliphatic heterocycles. The molecule has 0 aromatic heterocycles. The lowest BCUT2D eigenvalue weighted by atomic mass is 10.0. The Hall–Kier alpha value is -1.97. The van der Waals surface area contributed by atoms with Crippen LogP contribution in [0, 0.1) is 0 Å². The van der Waals surface area contributed by atoms with Crippen LogP contribution in [0.2, 0.25) is 0 Å². The van der Waals surface area contributed by atoms with E-state index < -0.39 is 21.3 Å². The minimum absolute atomic E-state index is 0.0501. The van der Waals surface area contributed by atoms with Crippen LogP contribution >= 0.6 is 0 Å². The van der Waals surface area contributed by atoms with Crippen LogP contribution in [0.5, 0.6) is 11.5 Å². The van der Waals surface area contributed by atoms with Crippen molar-refractivity contribution in [2.24, 2.45) is 0 Å². The molecule has 0 radical (unpaired) electrons. The zero-order chi connectivity index (χ0) is 20.3. The van der Waals surface area contributed by atoms with E-state index in [1.807, 2.05) is 54.6 Å². The lowest BCUT2D eigenvalue weighted by Crippen LogP contribution is -2.42. The van der Waals surface area contributed by atoms with Crippen molar-refractivity contribution in [3.05, 3.63) is 60.2 Å². The van der Waals surface area contributed by atoms with Crippen molar-refractivity contribution >= 4 is 10.0 Å². The molecule has 7 nitrogen and oxygen atoms in total. The van der Waals surface area contributed by atoms with Crippen LogP contribution in [-0.2, 0) is 19.6 Å². The third-order valence-corrected chi connectivity index (χ3v) is 7.06. The van der Waals surface area contributed by atoms with Crippen molar-refractivity contribution in [2.45, 2.75) is 30.2 Å². The van der Waals surface area contributed by atoms with E-state index in [9.17, 15) is 8.42 Å². The summed E-state index contributed by atoms with van der Waals surface area (Å²) < 4.78 is 40.1. The van der Waals surface area contributed by atoms with E-state index in [-0.39, 0.29) is 12.7 Å². The van der Waals surface area contributed by atoms with Gasteiger partial charge >= 0.3 is 0 Å². The number of para-hydroxylation sites is 1. The Labute approximate surface area is 171 Å². The summed E-state index contributed by atoms with van der Waals surface area (Å²) in [5.74, 6) is 1.38. The van der Waals surface area contributed by atoms with Gasteiger partial charge in [0.25, 0.3) is 0 Å². The largest absolute Gasteiger partial charge is 0.457 e. The molecular weight excluding hydrogens is 392 g/mol. The zero-order valence-electron chi connectivity index (χ0n) is 16.4. The van der Waals surface area contributed by atoms with Gasteiger partial charge in [-0.1, -0.05) is 30.3 Å². The molecule has 2 fully saturated rings. The second-order valence-corrected chi connectivity index (χ2v) is 9.33. The van der Waals surface area contributed by atoms with E-state index >= 15 is 0 Å². The summed E-state index contributed by atoms with van der Waals surface area (Å²) in [7, 11) is -1.83. The van der Waals surface area contributed by atoms with Crippen molar-refractivity contribution in [1.82, 2.24) is 9.79 Å². The maximum atomic E-state index is 13.0. The Bertz CT molecular complexity index is 916. The van der Waals surface area contributed by atoms with Crippen LogP contribution < -0.4 is 9.46 Å². The van der Waals surface area contributed by atoms with Gasteiger partial charge in [-0.05, 0) is 42.7 Å². The molecule has 2 aromatic rings. The van der Waals surface area contributed by atoms with Crippen LogP contribution in [0.25, 0.3) is 0 Å². The first-order valence-corrected chi connectivity index (χ1v) is 11.4. The first-order chi connectivity index (χ1) is 14.0. The molecule has 156 valence electrons. The van der Waals surface area contributed by atoms with Crippen LogP contribution in [0.3, 0.4) is 0 Å². The van der Waals surface area contributed by atoms with Crippen LogP contribution in [0.1, 0.15) is 24.4 Å². The number of ether oxygens (including phenoxy) is 2. The first kappa shape index (κ1) is 20.3. The zero-order valence-corrected chi connectivity index (χ0v) is 17.2. The molecule has 29 heavy (non-hydrogen) atoms. The smallest absolute Gasteiger partial charge is 0.218 e. The van der Waals surface area contributed by atoms with Crippen molar-refractivity contribution in [2.75, 3.05) is 26.8 Å².